The van der Waals surface area contributed by atoms with E-state index < -0.39 is 21.8 Å². The van der Waals surface area contributed by atoms with Crippen LogP contribution in [0.25, 0.3) is 0 Å². The van der Waals surface area contributed by atoms with Crippen molar-refractivity contribution in [2.24, 2.45) is 0 Å². The number of sulfonamides is 1. The molecular weight excluding hydrogens is 380 g/mol. The molecule has 8 heteroatoms. The summed E-state index contributed by atoms with van der Waals surface area (Å²) in [5.41, 5.74) is 6.12. The molecule has 0 atom stereocenters. The fraction of sp³-hybridized carbons (Fsp3) is 0. The third-order valence-electron chi connectivity index (χ3n) is 4.01. The van der Waals surface area contributed by atoms with Crippen molar-refractivity contribution in [2.45, 2.75) is 4.90 Å². The topological polar surface area (TPSA) is 127 Å². The normalized spacial score (nSPS) is 11.0. The van der Waals surface area contributed by atoms with E-state index in [-0.39, 0.29) is 33.0 Å². The summed E-state index contributed by atoms with van der Waals surface area (Å²) < 4.78 is 27.2. The van der Waals surface area contributed by atoms with Crippen LogP contribution in [0, 0.1) is 0 Å². The number of ketones is 1. The smallest absolute Gasteiger partial charge is 0.336 e. The van der Waals surface area contributed by atoms with Crippen LogP contribution in [0.5, 0.6) is 0 Å². The van der Waals surface area contributed by atoms with Gasteiger partial charge in [0.2, 0.25) is 0 Å². The molecule has 0 aromatic heterocycles. The van der Waals surface area contributed by atoms with E-state index in [9.17, 15) is 23.1 Å². The second-order valence-electron chi connectivity index (χ2n) is 5.90. The minimum absolute atomic E-state index is 0.0204. The first kappa shape index (κ1) is 19.1. The number of carbonyl (C=O) groups is 2. The molecule has 3 rings (SSSR count). The molecule has 0 amide bonds. The van der Waals surface area contributed by atoms with Crippen molar-refractivity contribution in [3.05, 3.63) is 89.5 Å². The van der Waals surface area contributed by atoms with Crippen LogP contribution in [0.4, 0.5) is 11.4 Å². The maximum atomic E-state index is 12.7. The highest BCUT2D eigenvalue weighted by atomic mass is 32.2. The quantitative estimate of drug-likeness (QED) is 0.434. The number of anilines is 2. The third-order valence-corrected chi connectivity index (χ3v) is 5.40. The molecule has 0 aliphatic heterocycles. The van der Waals surface area contributed by atoms with E-state index in [0.717, 1.165) is 0 Å². The molecule has 0 spiro atoms. The van der Waals surface area contributed by atoms with E-state index in [1.165, 1.54) is 48.5 Å². The Labute approximate surface area is 161 Å². The SMILES string of the molecule is Nc1cc(C(=O)c2ccccc2C(=O)O)ccc1NS(=O)(=O)c1ccccc1. The average molecular weight is 396 g/mol. The Morgan fingerprint density at radius 1 is 0.857 bits per heavy atom. The molecule has 4 N–H and O–H groups in total. The molecule has 3 aromatic carbocycles. The van der Waals surface area contributed by atoms with Gasteiger partial charge >= 0.3 is 5.97 Å². The number of benzene rings is 3. The third kappa shape index (κ3) is 3.86. The maximum absolute atomic E-state index is 12.7. The highest BCUT2D eigenvalue weighted by Crippen LogP contribution is 2.25. The molecular formula is C20H16N2O5S. The van der Waals surface area contributed by atoms with Crippen molar-refractivity contribution < 1.29 is 23.1 Å². The number of aromatic carboxylic acids is 1. The van der Waals surface area contributed by atoms with E-state index in [2.05, 4.69) is 4.72 Å². The molecule has 0 radical (unpaired) electrons. The number of nitrogens with two attached hydrogens (primary N) is 1. The van der Waals surface area contributed by atoms with Crippen LogP contribution in [0.2, 0.25) is 0 Å². The lowest BCUT2D eigenvalue weighted by atomic mass is 9.98. The Morgan fingerprint density at radius 3 is 2.07 bits per heavy atom. The standard InChI is InChI=1S/C20H16N2O5S/c21-17-12-13(19(23)15-8-4-5-9-16(15)20(24)25)10-11-18(17)22-28(26,27)14-6-2-1-3-7-14/h1-12,22H,21H2,(H,24,25). The highest BCUT2D eigenvalue weighted by Gasteiger charge is 2.19. The zero-order valence-electron chi connectivity index (χ0n) is 14.5. The molecule has 0 aliphatic carbocycles. The lowest BCUT2D eigenvalue weighted by Crippen LogP contribution is -2.15. The number of carboxylic acid groups (broad SMARTS) is 1. The zero-order valence-corrected chi connectivity index (χ0v) is 15.3. The first-order valence-electron chi connectivity index (χ1n) is 8.14. The molecule has 0 bridgehead atoms. The van der Waals surface area contributed by atoms with Gasteiger partial charge in [0, 0.05) is 11.1 Å². The van der Waals surface area contributed by atoms with Crippen LogP contribution in [0.1, 0.15) is 26.3 Å². The van der Waals surface area contributed by atoms with Gasteiger partial charge in [-0.25, -0.2) is 13.2 Å². The Kier molecular flexibility index (Phi) is 5.14. The van der Waals surface area contributed by atoms with E-state index >= 15 is 0 Å². The van der Waals surface area contributed by atoms with Crippen LogP contribution in [0.15, 0.2) is 77.7 Å². The van der Waals surface area contributed by atoms with Gasteiger partial charge in [0.1, 0.15) is 0 Å². The number of nitrogens with one attached hydrogen (secondary N) is 1. The number of hydrogen-bond acceptors (Lipinski definition) is 5. The summed E-state index contributed by atoms with van der Waals surface area (Å²) in [5.74, 6) is -1.74. The second kappa shape index (κ2) is 7.53. The molecule has 0 heterocycles. The Hall–Kier alpha value is -3.65. The fourth-order valence-electron chi connectivity index (χ4n) is 2.62. The van der Waals surface area contributed by atoms with E-state index in [0.29, 0.717) is 0 Å². The van der Waals surface area contributed by atoms with Gasteiger partial charge in [-0.15, -0.1) is 0 Å². The predicted molar refractivity (Wildman–Crippen MR) is 105 cm³/mol. The van der Waals surface area contributed by atoms with Gasteiger partial charge in [0.25, 0.3) is 10.0 Å². The Morgan fingerprint density at radius 2 is 1.46 bits per heavy atom. The largest absolute Gasteiger partial charge is 0.478 e. The summed E-state index contributed by atoms with van der Waals surface area (Å²) in [4.78, 5) is 24.1. The molecule has 142 valence electrons. The van der Waals surface area contributed by atoms with Crippen LogP contribution in [-0.4, -0.2) is 25.3 Å². The van der Waals surface area contributed by atoms with Crippen molar-refractivity contribution >= 4 is 33.2 Å². The Balaban J connectivity index is 1.91. The zero-order chi connectivity index (χ0) is 20.3. The van der Waals surface area contributed by atoms with E-state index in [4.69, 9.17) is 5.73 Å². The molecule has 28 heavy (non-hydrogen) atoms. The fourth-order valence-corrected chi connectivity index (χ4v) is 3.73. The minimum atomic E-state index is -3.83. The molecule has 0 saturated heterocycles. The number of nitrogen functional groups attached to an aromatic ring is 1. The van der Waals surface area contributed by atoms with Gasteiger partial charge < -0.3 is 10.8 Å². The summed E-state index contributed by atoms with van der Waals surface area (Å²) >= 11 is 0. The molecule has 3 aromatic rings. The van der Waals surface area contributed by atoms with Gasteiger partial charge in [-0.05, 0) is 36.4 Å². The molecule has 0 fully saturated rings. The summed E-state index contributed by atoms with van der Waals surface area (Å²) in [5, 5.41) is 9.24. The number of carboxylic acids is 1. The molecule has 0 aliphatic rings. The predicted octanol–water partition coefficient (Wildman–Crippen LogP) is 3.00. The van der Waals surface area contributed by atoms with Crippen molar-refractivity contribution in [3.63, 3.8) is 0 Å². The van der Waals surface area contributed by atoms with Crippen molar-refractivity contribution in [3.8, 4) is 0 Å². The van der Waals surface area contributed by atoms with Gasteiger partial charge in [-0.3, -0.25) is 9.52 Å². The summed E-state index contributed by atoms with van der Waals surface area (Å²) in [6.07, 6.45) is 0. The lowest BCUT2D eigenvalue weighted by Gasteiger charge is -2.12. The Bertz CT molecular complexity index is 1160. The first-order valence-corrected chi connectivity index (χ1v) is 9.62. The summed E-state index contributed by atoms with van der Waals surface area (Å²) in [6, 6.07) is 17.7. The number of hydrogen-bond donors (Lipinski definition) is 3. The van der Waals surface area contributed by atoms with Crippen LogP contribution >= 0.6 is 0 Å². The number of rotatable bonds is 6. The van der Waals surface area contributed by atoms with Crippen molar-refractivity contribution in [1.29, 1.82) is 0 Å². The van der Waals surface area contributed by atoms with Crippen LogP contribution in [-0.2, 0) is 10.0 Å². The lowest BCUT2D eigenvalue weighted by molar-refractivity contribution is 0.0692. The number of carbonyl (C=O) groups excluding carboxylic acids is 1. The van der Waals surface area contributed by atoms with E-state index in [1.54, 1.807) is 24.3 Å². The summed E-state index contributed by atoms with van der Waals surface area (Å²) in [6.45, 7) is 0. The molecule has 0 saturated carbocycles. The van der Waals surface area contributed by atoms with Crippen LogP contribution in [0.3, 0.4) is 0 Å². The second-order valence-corrected chi connectivity index (χ2v) is 7.58. The van der Waals surface area contributed by atoms with Crippen molar-refractivity contribution in [2.75, 3.05) is 10.5 Å². The van der Waals surface area contributed by atoms with Gasteiger partial charge in [-0.2, -0.15) is 0 Å². The van der Waals surface area contributed by atoms with Gasteiger partial charge in [-0.1, -0.05) is 36.4 Å². The van der Waals surface area contributed by atoms with Gasteiger partial charge in [0.15, 0.2) is 5.78 Å². The molecule has 7 nitrogen and oxygen atoms in total. The monoisotopic (exact) mass is 396 g/mol. The first-order chi connectivity index (χ1) is 13.3. The summed E-state index contributed by atoms with van der Waals surface area (Å²) in [7, 11) is -3.83. The van der Waals surface area contributed by atoms with Gasteiger partial charge in [0.05, 0.1) is 21.8 Å². The highest BCUT2D eigenvalue weighted by molar-refractivity contribution is 7.92. The maximum Gasteiger partial charge on any atom is 0.336 e. The van der Waals surface area contributed by atoms with E-state index in [1.807, 2.05) is 0 Å². The molecule has 0 unspecified atom stereocenters. The van der Waals surface area contributed by atoms with Crippen LogP contribution < -0.4 is 10.5 Å². The minimum Gasteiger partial charge on any atom is -0.478 e. The van der Waals surface area contributed by atoms with Crippen molar-refractivity contribution in [1.82, 2.24) is 0 Å². The average Bonchev–Trinajstić information content (AvgIpc) is 2.69.